The first-order valence-corrected chi connectivity index (χ1v) is 4.75. The number of nitrogens with one attached hydrogen (secondary N) is 1. The van der Waals surface area contributed by atoms with E-state index in [-0.39, 0.29) is 11.3 Å². The summed E-state index contributed by atoms with van der Waals surface area (Å²) in [5.74, 6) is -0.857. The zero-order valence-electron chi connectivity index (χ0n) is 8.14. The van der Waals surface area contributed by atoms with Crippen LogP contribution in [0.1, 0.15) is 10.4 Å². The lowest BCUT2D eigenvalue weighted by Gasteiger charge is -2.09. The molecule has 0 bridgehead atoms. The second-order valence-electron chi connectivity index (χ2n) is 2.60. The molecule has 0 fully saturated rings. The lowest BCUT2D eigenvalue weighted by Crippen LogP contribution is -2.22. The molecule has 0 unspecified atom stereocenters. The van der Waals surface area contributed by atoms with E-state index >= 15 is 0 Å². The van der Waals surface area contributed by atoms with Crippen molar-refractivity contribution in [3.05, 3.63) is 28.0 Å². The van der Waals surface area contributed by atoms with Gasteiger partial charge in [-0.15, -0.1) is 0 Å². The lowest BCUT2D eigenvalue weighted by molar-refractivity contribution is 0.0534. The Kier molecular flexibility index (Phi) is 4.05. The summed E-state index contributed by atoms with van der Waals surface area (Å²) in [5.41, 5.74) is 2.15. The zero-order valence-corrected chi connectivity index (χ0v) is 9.72. The average Bonchev–Trinajstić information content (AvgIpc) is 2.17. The van der Waals surface area contributed by atoms with Crippen molar-refractivity contribution in [1.82, 2.24) is 5.48 Å². The van der Waals surface area contributed by atoms with Crippen molar-refractivity contribution >= 4 is 21.8 Å². The Balaban J connectivity index is 3.20. The molecule has 6 heteroatoms. The van der Waals surface area contributed by atoms with Crippen LogP contribution in [0.3, 0.4) is 0 Å². The summed E-state index contributed by atoms with van der Waals surface area (Å²) in [7, 11) is 2.68. The minimum Gasteiger partial charge on any atom is -0.495 e. The molecule has 0 spiro atoms. The summed E-state index contributed by atoms with van der Waals surface area (Å²) in [4.78, 5) is 15.9. The number of carbonyl (C=O) groups is 1. The molecule has 0 saturated carbocycles. The highest BCUT2D eigenvalue weighted by atomic mass is 79.9. The predicted octanol–water partition coefficient (Wildman–Crippen LogP) is 1.89. The molecule has 1 rings (SSSR count). The number of carbonyl (C=O) groups excluding carboxylic acids is 1. The highest BCUT2D eigenvalue weighted by Crippen LogP contribution is 2.30. The van der Waals surface area contributed by atoms with Crippen LogP contribution in [0.4, 0.5) is 4.39 Å². The summed E-state index contributed by atoms with van der Waals surface area (Å²) in [6.45, 7) is 0. The average molecular weight is 278 g/mol. The molecule has 15 heavy (non-hydrogen) atoms. The fourth-order valence-corrected chi connectivity index (χ4v) is 1.68. The van der Waals surface area contributed by atoms with Gasteiger partial charge in [0.25, 0.3) is 5.91 Å². The Morgan fingerprint density at radius 2 is 2.13 bits per heavy atom. The highest BCUT2D eigenvalue weighted by molar-refractivity contribution is 9.10. The molecule has 0 aromatic heterocycles. The molecule has 1 amide bonds. The lowest BCUT2D eigenvalue weighted by atomic mass is 10.2. The summed E-state index contributed by atoms with van der Waals surface area (Å²) < 4.78 is 18.4. The van der Waals surface area contributed by atoms with Gasteiger partial charge in [0.05, 0.1) is 24.3 Å². The van der Waals surface area contributed by atoms with Gasteiger partial charge < -0.3 is 4.74 Å². The van der Waals surface area contributed by atoms with Crippen molar-refractivity contribution < 1.29 is 18.8 Å². The number of hydrogen-bond donors (Lipinski definition) is 1. The first-order chi connectivity index (χ1) is 7.10. The maximum atomic E-state index is 13.0. The first kappa shape index (κ1) is 11.9. The molecule has 0 aliphatic rings. The largest absolute Gasteiger partial charge is 0.495 e. The summed E-state index contributed by atoms with van der Waals surface area (Å²) in [6.07, 6.45) is 0. The monoisotopic (exact) mass is 277 g/mol. The Bertz CT molecular complexity index is 384. The molecule has 0 atom stereocenters. The van der Waals surface area contributed by atoms with E-state index in [2.05, 4.69) is 26.2 Å². The van der Waals surface area contributed by atoms with Crippen molar-refractivity contribution in [2.75, 3.05) is 14.2 Å². The van der Waals surface area contributed by atoms with Gasteiger partial charge in [-0.3, -0.25) is 9.63 Å². The molecular formula is C9H9BrFNO3. The van der Waals surface area contributed by atoms with Crippen LogP contribution in [-0.4, -0.2) is 20.1 Å². The Hall–Kier alpha value is -1.14. The van der Waals surface area contributed by atoms with Crippen LogP contribution in [-0.2, 0) is 4.84 Å². The smallest absolute Gasteiger partial charge is 0.278 e. The number of benzene rings is 1. The number of halogens is 2. The molecule has 1 aromatic carbocycles. The number of hydroxylamine groups is 1. The molecule has 4 nitrogen and oxygen atoms in total. The third-order valence-corrected chi connectivity index (χ3v) is 2.24. The maximum absolute atomic E-state index is 13.0. The van der Waals surface area contributed by atoms with E-state index < -0.39 is 11.7 Å². The van der Waals surface area contributed by atoms with E-state index in [1.165, 1.54) is 20.3 Å². The molecule has 0 aliphatic heterocycles. The van der Waals surface area contributed by atoms with Crippen LogP contribution < -0.4 is 10.2 Å². The summed E-state index contributed by atoms with van der Waals surface area (Å²) in [6, 6.07) is 2.28. The van der Waals surface area contributed by atoms with Crippen LogP contribution in [0.25, 0.3) is 0 Å². The van der Waals surface area contributed by atoms with Crippen molar-refractivity contribution in [3.8, 4) is 5.75 Å². The Labute approximate surface area is 94.5 Å². The fraction of sp³-hybridized carbons (Fsp3) is 0.222. The molecule has 0 aliphatic carbocycles. The molecule has 1 N–H and O–H groups in total. The molecule has 1 aromatic rings. The number of methoxy groups -OCH3 is 1. The van der Waals surface area contributed by atoms with E-state index in [9.17, 15) is 9.18 Å². The van der Waals surface area contributed by atoms with Gasteiger partial charge in [-0.05, 0) is 28.1 Å². The van der Waals surface area contributed by atoms with Crippen LogP contribution in [0.15, 0.2) is 16.6 Å². The molecule has 0 radical (unpaired) electrons. The van der Waals surface area contributed by atoms with Crippen molar-refractivity contribution in [2.24, 2.45) is 0 Å². The third-order valence-electron chi connectivity index (χ3n) is 1.65. The third kappa shape index (κ3) is 2.66. The molecule has 82 valence electrons. The Morgan fingerprint density at radius 1 is 1.47 bits per heavy atom. The van der Waals surface area contributed by atoms with Crippen LogP contribution in [0.5, 0.6) is 5.75 Å². The van der Waals surface area contributed by atoms with E-state index in [1.807, 2.05) is 0 Å². The number of amides is 1. The van der Waals surface area contributed by atoms with Gasteiger partial charge >= 0.3 is 0 Å². The number of ether oxygens (including phenoxy) is 1. The molecular weight excluding hydrogens is 269 g/mol. The van der Waals surface area contributed by atoms with Crippen molar-refractivity contribution in [2.45, 2.75) is 0 Å². The molecule has 0 saturated heterocycles. The number of rotatable bonds is 3. The summed E-state index contributed by atoms with van der Waals surface area (Å²) >= 11 is 3.09. The van der Waals surface area contributed by atoms with E-state index in [1.54, 1.807) is 0 Å². The van der Waals surface area contributed by atoms with E-state index in [4.69, 9.17) is 4.74 Å². The van der Waals surface area contributed by atoms with Gasteiger partial charge in [0.1, 0.15) is 11.6 Å². The van der Waals surface area contributed by atoms with E-state index in [0.29, 0.717) is 4.47 Å². The van der Waals surface area contributed by atoms with Gasteiger partial charge in [-0.25, -0.2) is 9.87 Å². The van der Waals surface area contributed by atoms with Crippen LogP contribution >= 0.6 is 15.9 Å². The van der Waals surface area contributed by atoms with Crippen LogP contribution in [0, 0.1) is 5.82 Å². The highest BCUT2D eigenvalue weighted by Gasteiger charge is 2.16. The second kappa shape index (κ2) is 5.09. The summed E-state index contributed by atoms with van der Waals surface area (Å²) in [5, 5.41) is 0. The van der Waals surface area contributed by atoms with Crippen molar-refractivity contribution in [1.29, 1.82) is 0 Å². The molecule has 0 heterocycles. The minimum atomic E-state index is -0.574. The maximum Gasteiger partial charge on any atom is 0.278 e. The SMILES string of the molecule is CONC(=O)c1cc(F)cc(Br)c1OC. The quantitative estimate of drug-likeness (QED) is 0.859. The zero-order chi connectivity index (χ0) is 11.4. The minimum absolute atomic E-state index is 0.0613. The topological polar surface area (TPSA) is 47.6 Å². The second-order valence-corrected chi connectivity index (χ2v) is 3.46. The van der Waals surface area contributed by atoms with Crippen molar-refractivity contribution in [3.63, 3.8) is 0 Å². The predicted molar refractivity (Wildman–Crippen MR) is 55.1 cm³/mol. The van der Waals surface area contributed by atoms with Gasteiger partial charge in [0, 0.05) is 0 Å². The standard InChI is InChI=1S/C9H9BrFNO3/c1-14-8-6(9(13)12-15-2)3-5(11)4-7(8)10/h3-4H,1-2H3,(H,12,13). The first-order valence-electron chi connectivity index (χ1n) is 3.96. The van der Waals surface area contributed by atoms with Gasteiger partial charge in [-0.2, -0.15) is 0 Å². The van der Waals surface area contributed by atoms with Gasteiger partial charge in [0.2, 0.25) is 0 Å². The van der Waals surface area contributed by atoms with Gasteiger partial charge in [-0.1, -0.05) is 0 Å². The Morgan fingerprint density at radius 3 is 2.67 bits per heavy atom. The fourth-order valence-electron chi connectivity index (χ4n) is 1.08. The van der Waals surface area contributed by atoms with Crippen LogP contribution in [0.2, 0.25) is 0 Å². The number of hydrogen-bond acceptors (Lipinski definition) is 3. The van der Waals surface area contributed by atoms with E-state index in [0.717, 1.165) is 6.07 Å². The normalized spacial score (nSPS) is 9.87. The van der Waals surface area contributed by atoms with Gasteiger partial charge in [0.15, 0.2) is 0 Å².